The fourth-order valence-corrected chi connectivity index (χ4v) is 1.94. The van der Waals surface area contributed by atoms with E-state index in [0.29, 0.717) is 17.3 Å². The van der Waals surface area contributed by atoms with Crippen LogP contribution >= 0.6 is 11.6 Å². The molecule has 96 valence electrons. The van der Waals surface area contributed by atoms with E-state index in [1.54, 1.807) is 12.1 Å². The first-order valence-electron chi connectivity index (χ1n) is 5.26. The van der Waals surface area contributed by atoms with Crippen molar-refractivity contribution in [2.75, 3.05) is 14.2 Å². The van der Waals surface area contributed by atoms with Crippen molar-refractivity contribution in [1.82, 2.24) is 0 Å². The molecular formula is C13H12ClFO3. The lowest BCUT2D eigenvalue weighted by atomic mass is 10.1. The predicted octanol–water partition coefficient (Wildman–Crippen LogP) is 3.76. The zero-order valence-electron chi connectivity index (χ0n) is 9.94. The van der Waals surface area contributed by atoms with Crippen LogP contribution in [0.2, 0.25) is 0 Å². The second-order valence-electron chi connectivity index (χ2n) is 3.61. The van der Waals surface area contributed by atoms with Crippen LogP contribution in [0.1, 0.15) is 16.7 Å². The van der Waals surface area contributed by atoms with Gasteiger partial charge in [-0.15, -0.1) is 11.6 Å². The standard InChI is InChI=1S/C13H12ClFO3/c1-16-11-6-8(9(15)7-12(11)17-2)13(14)10-4-3-5-18-10/h3-7,13H,1-2H3. The highest BCUT2D eigenvalue weighted by Crippen LogP contribution is 2.37. The molecule has 1 aromatic carbocycles. The number of ether oxygens (including phenoxy) is 2. The molecule has 0 bridgehead atoms. The molecule has 2 rings (SSSR count). The third-order valence-corrected chi connectivity index (χ3v) is 3.02. The van der Waals surface area contributed by atoms with Gasteiger partial charge in [0.05, 0.1) is 20.5 Å². The monoisotopic (exact) mass is 270 g/mol. The molecule has 0 aliphatic rings. The van der Waals surface area contributed by atoms with Crippen molar-refractivity contribution in [1.29, 1.82) is 0 Å². The van der Waals surface area contributed by atoms with Gasteiger partial charge in [-0.25, -0.2) is 4.39 Å². The molecule has 0 spiro atoms. The van der Waals surface area contributed by atoms with E-state index in [4.69, 9.17) is 25.5 Å². The summed E-state index contributed by atoms with van der Waals surface area (Å²) in [4.78, 5) is 0. The van der Waals surface area contributed by atoms with Gasteiger partial charge >= 0.3 is 0 Å². The molecule has 0 saturated carbocycles. The molecule has 0 N–H and O–H groups in total. The van der Waals surface area contributed by atoms with E-state index >= 15 is 0 Å². The van der Waals surface area contributed by atoms with Gasteiger partial charge in [-0.1, -0.05) is 0 Å². The topological polar surface area (TPSA) is 31.6 Å². The molecule has 1 aromatic heterocycles. The quantitative estimate of drug-likeness (QED) is 0.793. The third kappa shape index (κ3) is 2.29. The number of hydrogen-bond acceptors (Lipinski definition) is 3. The van der Waals surface area contributed by atoms with Crippen molar-refractivity contribution >= 4 is 11.6 Å². The lowest BCUT2D eigenvalue weighted by molar-refractivity contribution is 0.351. The molecule has 0 radical (unpaired) electrons. The molecule has 18 heavy (non-hydrogen) atoms. The molecule has 0 fully saturated rings. The van der Waals surface area contributed by atoms with Crippen molar-refractivity contribution in [3.8, 4) is 11.5 Å². The number of methoxy groups -OCH3 is 2. The number of benzene rings is 1. The van der Waals surface area contributed by atoms with Gasteiger partial charge in [-0.05, 0) is 18.2 Å². The Morgan fingerprint density at radius 1 is 1.22 bits per heavy atom. The Hall–Kier alpha value is -1.68. The van der Waals surface area contributed by atoms with Gasteiger partial charge in [0.25, 0.3) is 0 Å². The lowest BCUT2D eigenvalue weighted by Crippen LogP contribution is -1.99. The summed E-state index contributed by atoms with van der Waals surface area (Å²) >= 11 is 6.17. The van der Waals surface area contributed by atoms with Crippen LogP contribution in [0, 0.1) is 5.82 Å². The number of rotatable bonds is 4. The second kappa shape index (κ2) is 5.31. The molecule has 1 unspecified atom stereocenters. The van der Waals surface area contributed by atoms with E-state index in [1.165, 1.54) is 32.6 Å². The van der Waals surface area contributed by atoms with Crippen molar-refractivity contribution in [3.05, 3.63) is 47.7 Å². The van der Waals surface area contributed by atoms with Gasteiger partial charge in [-0.2, -0.15) is 0 Å². The lowest BCUT2D eigenvalue weighted by Gasteiger charge is -2.13. The molecule has 3 nitrogen and oxygen atoms in total. The highest BCUT2D eigenvalue weighted by molar-refractivity contribution is 6.22. The molecule has 0 aliphatic heterocycles. The molecule has 0 amide bonds. The summed E-state index contributed by atoms with van der Waals surface area (Å²) in [5.41, 5.74) is 0.282. The molecule has 2 aromatic rings. The third-order valence-electron chi connectivity index (χ3n) is 2.57. The first-order chi connectivity index (χ1) is 8.67. The molecular weight excluding hydrogens is 259 g/mol. The molecule has 0 saturated heterocycles. The van der Waals surface area contributed by atoms with E-state index in [-0.39, 0.29) is 5.56 Å². The van der Waals surface area contributed by atoms with Gasteiger partial charge in [0.1, 0.15) is 17.0 Å². The van der Waals surface area contributed by atoms with Crippen LogP contribution < -0.4 is 9.47 Å². The summed E-state index contributed by atoms with van der Waals surface area (Å²) in [7, 11) is 2.93. The Morgan fingerprint density at radius 3 is 2.44 bits per heavy atom. The van der Waals surface area contributed by atoms with Gasteiger partial charge in [0, 0.05) is 11.6 Å². The van der Waals surface area contributed by atoms with E-state index in [0.717, 1.165) is 0 Å². The number of hydrogen-bond donors (Lipinski definition) is 0. The molecule has 0 aliphatic carbocycles. The zero-order chi connectivity index (χ0) is 13.1. The summed E-state index contributed by atoms with van der Waals surface area (Å²) in [6, 6.07) is 6.14. The number of alkyl halides is 1. The SMILES string of the molecule is COc1cc(F)c(C(Cl)c2ccco2)cc1OC. The summed E-state index contributed by atoms with van der Waals surface area (Å²) in [6.07, 6.45) is 1.49. The van der Waals surface area contributed by atoms with Crippen LogP contribution in [0.5, 0.6) is 11.5 Å². The average molecular weight is 271 g/mol. The second-order valence-corrected chi connectivity index (χ2v) is 4.04. The van der Waals surface area contributed by atoms with Crippen LogP contribution in [-0.4, -0.2) is 14.2 Å². The minimum Gasteiger partial charge on any atom is -0.493 e. The zero-order valence-corrected chi connectivity index (χ0v) is 10.7. The largest absolute Gasteiger partial charge is 0.493 e. The highest BCUT2D eigenvalue weighted by atomic mass is 35.5. The van der Waals surface area contributed by atoms with Gasteiger partial charge in [0.2, 0.25) is 0 Å². The number of halogens is 2. The maximum Gasteiger partial charge on any atom is 0.163 e. The first-order valence-corrected chi connectivity index (χ1v) is 5.70. The molecule has 1 atom stereocenters. The van der Waals surface area contributed by atoms with Gasteiger partial charge in [0.15, 0.2) is 11.5 Å². The van der Waals surface area contributed by atoms with E-state index in [9.17, 15) is 4.39 Å². The fraction of sp³-hybridized carbons (Fsp3) is 0.231. The van der Waals surface area contributed by atoms with E-state index in [1.807, 2.05) is 0 Å². The maximum absolute atomic E-state index is 13.9. The van der Waals surface area contributed by atoms with Gasteiger partial charge in [-0.3, -0.25) is 0 Å². The normalized spacial score (nSPS) is 12.2. The summed E-state index contributed by atoms with van der Waals surface area (Å²) < 4.78 is 29.2. The fourth-order valence-electron chi connectivity index (χ4n) is 1.65. The van der Waals surface area contributed by atoms with Crippen LogP contribution in [0.25, 0.3) is 0 Å². The Morgan fingerprint density at radius 2 is 1.89 bits per heavy atom. The van der Waals surface area contributed by atoms with Crippen LogP contribution in [0.3, 0.4) is 0 Å². The first kappa shape index (κ1) is 12.8. The van der Waals surface area contributed by atoms with Crippen molar-refractivity contribution in [3.63, 3.8) is 0 Å². The van der Waals surface area contributed by atoms with Crippen molar-refractivity contribution < 1.29 is 18.3 Å². The Kier molecular flexibility index (Phi) is 3.77. The minimum atomic E-state index is -0.709. The Balaban J connectivity index is 2.45. The molecule has 1 heterocycles. The summed E-state index contributed by atoms with van der Waals surface area (Å²) in [5, 5.41) is -0.709. The van der Waals surface area contributed by atoms with Crippen molar-refractivity contribution in [2.24, 2.45) is 0 Å². The number of furan rings is 1. The van der Waals surface area contributed by atoms with E-state index < -0.39 is 11.2 Å². The Bertz CT molecular complexity index is 525. The average Bonchev–Trinajstić information content (AvgIpc) is 2.91. The highest BCUT2D eigenvalue weighted by Gasteiger charge is 2.20. The van der Waals surface area contributed by atoms with Crippen LogP contribution in [0.4, 0.5) is 4.39 Å². The minimum absolute atomic E-state index is 0.282. The smallest absolute Gasteiger partial charge is 0.163 e. The maximum atomic E-state index is 13.9. The van der Waals surface area contributed by atoms with Crippen molar-refractivity contribution in [2.45, 2.75) is 5.38 Å². The Labute approximate surface area is 109 Å². The summed E-state index contributed by atoms with van der Waals surface area (Å²) in [5.74, 6) is 0.750. The van der Waals surface area contributed by atoms with Gasteiger partial charge < -0.3 is 13.9 Å². The predicted molar refractivity (Wildman–Crippen MR) is 65.9 cm³/mol. The van der Waals surface area contributed by atoms with E-state index in [2.05, 4.69) is 0 Å². The van der Waals surface area contributed by atoms with Crippen LogP contribution in [-0.2, 0) is 0 Å². The molecule has 5 heteroatoms. The summed E-state index contributed by atoms with van der Waals surface area (Å²) in [6.45, 7) is 0. The van der Waals surface area contributed by atoms with Crippen LogP contribution in [0.15, 0.2) is 34.9 Å².